The lowest BCUT2D eigenvalue weighted by Gasteiger charge is -2.24. The van der Waals surface area contributed by atoms with Gasteiger partial charge >= 0.3 is 5.97 Å². The number of esters is 1. The molecule has 0 bridgehead atoms. The summed E-state index contributed by atoms with van der Waals surface area (Å²) in [6.45, 7) is 5.15. The second-order valence-electron chi connectivity index (χ2n) is 10.2. The molecule has 0 radical (unpaired) electrons. The monoisotopic (exact) mass is 644 g/mol. The maximum absolute atomic E-state index is 13.9. The van der Waals surface area contributed by atoms with E-state index in [0.717, 1.165) is 16.9 Å². The molecule has 5 rings (SSSR count). The van der Waals surface area contributed by atoms with Crippen molar-refractivity contribution in [3.8, 4) is 11.5 Å². The number of thiazole rings is 1. The van der Waals surface area contributed by atoms with Crippen molar-refractivity contribution in [1.82, 2.24) is 4.57 Å². The molecule has 13 nitrogen and oxygen atoms in total. The van der Waals surface area contributed by atoms with Gasteiger partial charge in [-0.3, -0.25) is 29.6 Å². The lowest BCUT2D eigenvalue weighted by Crippen LogP contribution is -2.40. The van der Waals surface area contributed by atoms with Crippen LogP contribution in [0.2, 0.25) is 0 Å². The molecule has 0 amide bonds. The van der Waals surface area contributed by atoms with Gasteiger partial charge in [-0.05, 0) is 67.8 Å². The molecule has 1 aromatic heterocycles. The minimum absolute atomic E-state index is 0.0188. The van der Waals surface area contributed by atoms with Crippen molar-refractivity contribution in [3.63, 3.8) is 0 Å². The van der Waals surface area contributed by atoms with Crippen LogP contribution < -0.4 is 24.4 Å². The zero-order valence-electron chi connectivity index (χ0n) is 25.2. The van der Waals surface area contributed by atoms with Crippen LogP contribution in [0.15, 0.2) is 81.7 Å². The SMILES string of the molecule is CCOC(=O)C1=C(C)N=c2s/c(=C/c3ccc(OCc4ccc([N+](=O)[O-])cc4)c(OC)c3)c(=O)n2[C@H]1c1ccc(C)c([N+](=O)[O-])c1. The average molecular weight is 645 g/mol. The summed E-state index contributed by atoms with van der Waals surface area (Å²) in [5, 5.41) is 22.7. The van der Waals surface area contributed by atoms with E-state index in [1.165, 1.54) is 29.9 Å². The number of hydrogen-bond acceptors (Lipinski definition) is 11. The summed E-state index contributed by atoms with van der Waals surface area (Å²) < 4.78 is 18.4. The van der Waals surface area contributed by atoms with Gasteiger partial charge in [-0.1, -0.05) is 29.5 Å². The molecule has 1 atom stereocenters. The topological polar surface area (TPSA) is 165 Å². The summed E-state index contributed by atoms with van der Waals surface area (Å²) >= 11 is 1.12. The molecule has 0 N–H and O–H groups in total. The lowest BCUT2D eigenvalue weighted by molar-refractivity contribution is -0.385. The molecule has 2 heterocycles. The van der Waals surface area contributed by atoms with E-state index in [4.69, 9.17) is 14.2 Å². The number of aryl methyl sites for hydroxylation is 1. The summed E-state index contributed by atoms with van der Waals surface area (Å²) in [5.41, 5.74) is 2.02. The van der Waals surface area contributed by atoms with Crippen LogP contribution >= 0.6 is 11.3 Å². The van der Waals surface area contributed by atoms with E-state index in [-0.39, 0.29) is 30.2 Å². The number of allylic oxidation sites excluding steroid dienone is 1. The van der Waals surface area contributed by atoms with Crippen LogP contribution in [0.5, 0.6) is 11.5 Å². The average Bonchev–Trinajstić information content (AvgIpc) is 3.33. The number of ether oxygens (including phenoxy) is 3. The Morgan fingerprint density at radius 2 is 1.76 bits per heavy atom. The van der Waals surface area contributed by atoms with Crippen molar-refractivity contribution >= 4 is 34.8 Å². The molecule has 46 heavy (non-hydrogen) atoms. The van der Waals surface area contributed by atoms with Crippen molar-refractivity contribution in [2.24, 2.45) is 4.99 Å². The molecule has 0 fully saturated rings. The van der Waals surface area contributed by atoms with Gasteiger partial charge in [-0.15, -0.1) is 0 Å². The minimum Gasteiger partial charge on any atom is -0.493 e. The number of rotatable bonds is 10. The van der Waals surface area contributed by atoms with Crippen LogP contribution in [0.1, 0.15) is 42.1 Å². The summed E-state index contributed by atoms with van der Waals surface area (Å²) in [6, 6.07) is 14.7. The van der Waals surface area contributed by atoms with E-state index < -0.39 is 27.4 Å². The molecule has 14 heteroatoms. The van der Waals surface area contributed by atoms with E-state index in [1.54, 1.807) is 69.3 Å². The number of aromatic nitrogens is 1. The Balaban J connectivity index is 1.54. The maximum Gasteiger partial charge on any atom is 0.338 e. The number of nitrogens with zero attached hydrogens (tertiary/aromatic N) is 4. The molecule has 4 aromatic rings. The van der Waals surface area contributed by atoms with Gasteiger partial charge < -0.3 is 14.2 Å². The van der Waals surface area contributed by atoms with Gasteiger partial charge in [0.25, 0.3) is 16.9 Å². The minimum atomic E-state index is -0.999. The normalized spacial score (nSPS) is 14.3. The van der Waals surface area contributed by atoms with Gasteiger partial charge in [0.2, 0.25) is 0 Å². The van der Waals surface area contributed by atoms with Crippen LogP contribution in [0.4, 0.5) is 11.4 Å². The molecule has 0 saturated heterocycles. The fourth-order valence-corrected chi connectivity index (χ4v) is 6.07. The van der Waals surface area contributed by atoms with Crippen LogP contribution in [0.3, 0.4) is 0 Å². The van der Waals surface area contributed by atoms with Crippen LogP contribution in [0, 0.1) is 27.2 Å². The van der Waals surface area contributed by atoms with Crippen molar-refractivity contribution in [2.45, 2.75) is 33.4 Å². The number of hydrogen-bond donors (Lipinski definition) is 0. The third kappa shape index (κ3) is 6.28. The Kier molecular flexibility index (Phi) is 9.09. The predicted octanol–water partition coefficient (Wildman–Crippen LogP) is 4.51. The number of carbonyl (C=O) groups is 1. The zero-order chi connectivity index (χ0) is 33.1. The molecular weight excluding hydrogens is 616 g/mol. The highest BCUT2D eigenvalue weighted by molar-refractivity contribution is 7.07. The number of carbonyl (C=O) groups excluding carboxylic acids is 1. The van der Waals surface area contributed by atoms with Gasteiger partial charge in [-0.2, -0.15) is 0 Å². The summed E-state index contributed by atoms with van der Waals surface area (Å²) in [7, 11) is 1.48. The van der Waals surface area contributed by atoms with Crippen LogP contribution in [-0.4, -0.2) is 34.1 Å². The van der Waals surface area contributed by atoms with Crippen LogP contribution in [-0.2, 0) is 16.1 Å². The maximum atomic E-state index is 13.9. The number of nitro benzene ring substituents is 2. The van der Waals surface area contributed by atoms with Gasteiger partial charge in [0, 0.05) is 23.8 Å². The summed E-state index contributed by atoms with van der Waals surface area (Å²) in [6.07, 6.45) is 1.66. The first kappa shape index (κ1) is 31.8. The summed E-state index contributed by atoms with van der Waals surface area (Å²) in [5.74, 6) is 0.157. The highest BCUT2D eigenvalue weighted by Crippen LogP contribution is 2.34. The Hall–Kier alpha value is -5.63. The number of nitro groups is 2. The smallest absolute Gasteiger partial charge is 0.338 e. The highest BCUT2D eigenvalue weighted by Gasteiger charge is 2.34. The Labute approximate surface area is 265 Å². The lowest BCUT2D eigenvalue weighted by atomic mass is 9.94. The number of benzene rings is 3. The van der Waals surface area contributed by atoms with E-state index >= 15 is 0 Å². The van der Waals surface area contributed by atoms with Crippen molar-refractivity contribution in [1.29, 1.82) is 0 Å². The van der Waals surface area contributed by atoms with Crippen molar-refractivity contribution in [2.75, 3.05) is 13.7 Å². The first-order valence-corrected chi connectivity index (χ1v) is 14.8. The first-order valence-electron chi connectivity index (χ1n) is 14.0. The number of methoxy groups -OCH3 is 1. The highest BCUT2D eigenvalue weighted by atomic mass is 32.1. The Bertz CT molecular complexity index is 2080. The molecule has 1 aliphatic rings. The van der Waals surface area contributed by atoms with E-state index in [0.29, 0.717) is 43.2 Å². The van der Waals surface area contributed by atoms with Gasteiger partial charge in [-0.25, -0.2) is 9.79 Å². The van der Waals surface area contributed by atoms with Gasteiger partial charge in [0.05, 0.1) is 45.4 Å². The van der Waals surface area contributed by atoms with E-state index in [2.05, 4.69) is 4.99 Å². The van der Waals surface area contributed by atoms with Crippen LogP contribution in [0.25, 0.3) is 6.08 Å². The molecule has 0 spiro atoms. The molecule has 236 valence electrons. The summed E-state index contributed by atoms with van der Waals surface area (Å²) in [4.78, 5) is 53.6. The number of fused-ring (bicyclic) bond motifs is 1. The largest absolute Gasteiger partial charge is 0.493 e. The molecule has 0 aliphatic carbocycles. The molecule has 0 unspecified atom stereocenters. The molecule has 1 aliphatic heterocycles. The molecule has 3 aromatic carbocycles. The Morgan fingerprint density at radius 3 is 2.41 bits per heavy atom. The van der Waals surface area contributed by atoms with Crippen molar-refractivity contribution < 1.29 is 28.9 Å². The molecular formula is C32H28N4O9S. The van der Waals surface area contributed by atoms with E-state index in [9.17, 15) is 29.8 Å². The van der Waals surface area contributed by atoms with E-state index in [1.807, 2.05) is 0 Å². The number of non-ortho nitro benzene ring substituents is 1. The standard InChI is InChI=1S/C32H28N4O9S/c1-5-44-31(38)28-19(3)33-32-34(29(28)22-10-6-18(2)24(16-22)36(41)42)30(37)27(46-32)15-21-9-13-25(26(14-21)43-4)45-17-20-7-11-23(12-8-20)35(39)40/h6-16,29H,5,17H2,1-4H3/b27-15+/t29-/m0/s1. The quantitative estimate of drug-likeness (QED) is 0.137. The second-order valence-corrected chi connectivity index (χ2v) is 11.2. The fraction of sp³-hybridized carbons (Fsp3) is 0.219. The molecule has 0 saturated carbocycles. The zero-order valence-corrected chi connectivity index (χ0v) is 26.0. The third-order valence-electron chi connectivity index (χ3n) is 7.29. The van der Waals surface area contributed by atoms with Gasteiger partial charge in [0.15, 0.2) is 16.3 Å². The Morgan fingerprint density at radius 1 is 1.02 bits per heavy atom. The predicted molar refractivity (Wildman–Crippen MR) is 169 cm³/mol. The fourth-order valence-electron chi connectivity index (χ4n) is 5.02. The van der Waals surface area contributed by atoms with Crippen molar-refractivity contribution in [3.05, 3.63) is 134 Å². The van der Waals surface area contributed by atoms with Gasteiger partial charge in [0.1, 0.15) is 6.61 Å². The third-order valence-corrected chi connectivity index (χ3v) is 8.27. The second kappa shape index (κ2) is 13.2. The first-order chi connectivity index (χ1) is 22.0.